The Morgan fingerprint density at radius 1 is 1.44 bits per heavy atom. The molecule has 16 heavy (non-hydrogen) atoms. The van der Waals surface area contributed by atoms with Crippen molar-refractivity contribution in [2.45, 2.75) is 32.3 Å². The normalized spacial score (nSPS) is 24.6. The van der Waals surface area contributed by atoms with Crippen molar-refractivity contribution in [3.8, 4) is 0 Å². The molecule has 3 nitrogen and oxygen atoms in total. The molecule has 88 valence electrons. The zero-order valence-electron chi connectivity index (χ0n) is 9.74. The summed E-state index contributed by atoms with van der Waals surface area (Å²) in [7, 11) is 0. The minimum Gasteiger partial charge on any atom is -0.397 e. The SMILES string of the molecule is Cc1ccc(N)c(NCC2CCCC2O)c1. The third-order valence-corrected chi connectivity index (χ3v) is 3.38. The van der Waals surface area contributed by atoms with E-state index >= 15 is 0 Å². The van der Waals surface area contributed by atoms with Gasteiger partial charge in [-0.3, -0.25) is 0 Å². The fourth-order valence-electron chi connectivity index (χ4n) is 2.32. The van der Waals surface area contributed by atoms with Gasteiger partial charge in [-0.15, -0.1) is 0 Å². The Morgan fingerprint density at radius 2 is 2.25 bits per heavy atom. The summed E-state index contributed by atoms with van der Waals surface area (Å²) in [5.74, 6) is 0.375. The number of anilines is 2. The molecular formula is C13H20N2O. The van der Waals surface area contributed by atoms with Crippen molar-refractivity contribution >= 4 is 11.4 Å². The van der Waals surface area contributed by atoms with Crippen LogP contribution in [0.15, 0.2) is 18.2 Å². The molecule has 4 N–H and O–H groups in total. The number of nitrogen functional groups attached to an aromatic ring is 1. The molecule has 0 aliphatic heterocycles. The Kier molecular flexibility index (Phi) is 3.34. The number of hydrogen-bond donors (Lipinski definition) is 3. The molecular weight excluding hydrogens is 200 g/mol. The zero-order chi connectivity index (χ0) is 11.5. The molecule has 1 saturated carbocycles. The Morgan fingerprint density at radius 3 is 2.94 bits per heavy atom. The molecule has 2 unspecified atom stereocenters. The van der Waals surface area contributed by atoms with Crippen molar-refractivity contribution < 1.29 is 5.11 Å². The minimum atomic E-state index is -0.140. The maximum absolute atomic E-state index is 9.72. The molecule has 0 aromatic heterocycles. The smallest absolute Gasteiger partial charge is 0.0585 e. The van der Waals surface area contributed by atoms with Crippen molar-refractivity contribution in [3.05, 3.63) is 23.8 Å². The van der Waals surface area contributed by atoms with E-state index in [4.69, 9.17) is 5.73 Å². The van der Waals surface area contributed by atoms with Crippen LogP contribution in [0.3, 0.4) is 0 Å². The van der Waals surface area contributed by atoms with Gasteiger partial charge in [-0.2, -0.15) is 0 Å². The first-order valence-electron chi connectivity index (χ1n) is 5.95. The van der Waals surface area contributed by atoms with Gasteiger partial charge >= 0.3 is 0 Å². The van der Waals surface area contributed by atoms with Crippen molar-refractivity contribution in [3.63, 3.8) is 0 Å². The quantitative estimate of drug-likeness (QED) is 0.684. The lowest BCUT2D eigenvalue weighted by Gasteiger charge is -2.17. The van der Waals surface area contributed by atoms with Crippen LogP contribution in [0.2, 0.25) is 0 Å². The van der Waals surface area contributed by atoms with Crippen molar-refractivity contribution in [2.75, 3.05) is 17.6 Å². The number of rotatable bonds is 3. The average molecular weight is 220 g/mol. The molecule has 3 heteroatoms. The van der Waals surface area contributed by atoms with Gasteiger partial charge in [0.1, 0.15) is 0 Å². The highest BCUT2D eigenvalue weighted by molar-refractivity contribution is 5.66. The molecule has 0 saturated heterocycles. The number of nitrogens with two attached hydrogens (primary N) is 1. The van der Waals surface area contributed by atoms with Gasteiger partial charge in [0.15, 0.2) is 0 Å². The van der Waals surface area contributed by atoms with Gasteiger partial charge < -0.3 is 16.2 Å². The number of hydrogen-bond acceptors (Lipinski definition) is 3. The number of benzene rings is 1. The van der Waals surface area contributed by atoms with E-state index in [1.165, 1.54) is 5.56 Å². The second-order valence-corrected chi connectivity index (χ2v) is 4.73. The predicted octanol–water partition coefficient (Wildman–Crippen LogP) is 2.15. The molecule has 0 amide bonds. The zero-order valence-corrected chi connectivity index (χ0v) is 9.74. The summed E-state index contributed by atoms with van der Waals surface area (Å²) in [6.45, 7) is 2.86. The van der Waals surface area contributed by atoms with Crippen LogP contribution >= 0.6 is 0 Å². The monoisotopic (exact) mass is 220 g/mol. The minimum absolute atomic E-state index is 0.140. The first-order valence-corrected chi connectivity index (χ1v) is 5.95. The molecule has 1 fully saturated rings. The van der Waals surface area contributed by atoms with E-state index in [-0.39, 0.29) is 6.10 Å². The second-order valence-electron chi connectivity index (χ2n) is 4.73. The summed E-state index contributed by atoms with van der Waals surface area (Å²) >= 11 is 0. The molecule has 1 aromatic rings. The fourth-order valence-corrected chi connectivity index (χ4v) is 2.32. The van der Waals surface area contributed by atoms with Gasteiger partial charge in [0.05, 0.1) is 17.5 Å². The number of aliphatic hydroxyl groups excluding tert-OH is 1. The molecule has 0 bridgehead atoms. The summed E-state index contributed by atoms with van der Waals surface area (Å²) in [6, 6.07) is 5.98. The molecule has 2 atom stereocenters. The van der Waals surface area contributed by atoms with Crippen LogP contribution in [0.1, 0.15) is 24.8 Å². The van der Waals surface area contributed by atoms with E-state index in [1.807, 2.05) is 12.1 Å². The summed E-state index contributed by atoms with van der Waals surface area (Å²) in [6.07, 6.45) is 3.05. The topological polar surface area (TPSA) is 58.3 Å². The van der Waals surface area contributed by atoms with E-state index in [9.17, 15) is 5.11 Å². The van der Waals surface area contributed by atoms with Crippen LogP contribution in [0.25, 0.3) is 0 Å². The highest BCUT2D eigenvalue weighted by Gasteiger charge is 2.24. The summed E-state index contributed by atoms with van der Waals surface area (Å²) in [4.78, 5) is 0. The molecule has 0 radical (unpaired) electrons. The highest BCUT2D eigenvalue weighted by atomic mass is 16.3. The van der Waals surface area contributed by atoms with Crippen LogP contribution < -0.4 is 11.1 Å². The summed E-state index contributed by atoms with van der Waals surface area (Å²) in [5, 5.41) is 13.1. The van der Waals surface area contributed by atoms with Crippen LogP contribution in [0.5, 0.6) is 0 Å². The summed E-state index contributed by atoms with van der Waals surface area (Å²) < 4.78 is 0. The largest absolute Gasteiger partial charge is 0.397 e. The van der Waals surface area contributed by atoms with Gasteiger partial charge in [0, 0.05) is 12.5 Å². The molecule has 1 aliphatic carbocycles. The Balaban J connectivity index is 1.96. The van der Waals surface area contributed by atoms with Crippen LogP contribution in [-0.2, 0) is 0 Å². The fraction of sp³-hybridized carbons (Fsp3) is 0.538. The summed E-state index contributed by atoms with van der Waals surface area (Å²) in [5.41, 5.74) is 8.84. The van der Waals surface area contributed by atoms with Gasteiger partial charge in [-0.25, -0.2) is 0 Å². The Bertz CT molecular complexity index is 365. The standard InChI is InChI=1S/C13H20N2O/c1-9-5-6-11(14)12(7-9)15-8-10-3-2-4-13(10)16/h5-7,10,13,15-16H,2-4,8,14H2,1H3. The van der Waals surface area contributed by atoms with Crippen LogP contribution in [0.4, 0.5) is 11.4 Å². The van der Waals surface area contributed by atoms with Crippen molar-refractivity contribution in [2.24, 2.45) is 5.92 Å². The van der Waals surface area contributed by atoms with Crippen molar-refractivity contribution in [1.29, 1.82) is 0 Å². The molecule has 0 heterocycles. The molecule has 1 aromatic carbocycles. The highest BCUT2D eigenvalue weighted by Crippen LogP contribution is 2.27. The Hall–Kier alpha value is -1.22. The van der Waals surface area contributed by atoms with E-state index in [2.05, 4.69) is 18.3 Å². The van der Waals surface area contributed by atoms with Gasteiger partial charge in [0.25, 0.3) is 0 Å². The van der Waals surface area contributed by atoms with E-state index < -0.39 is 0 Å². The lowest BCUT2D eigenvalue weighted by atomic mass is 10.1. The lowest BCUT2D eigenvalue weighted by molar-refractivity contribution is 0.138. The number of aryl methyl sites for hydroxylation is 1. The molecule has 0 spiro atoms. The van der Waals surface area contributed by atoms with Crippen LogP contribution in [-0.4, -0.2) is 17.8 Å². The number of nitrogens with one attached hydrogen (secondary N) is 1. The van der Waals surface area contributed by atoms with E-state index in [0.29, 0.717) is 5.92 Å². The maximum atomic E-state index is 9.72. The number of aliphatic hydroxyl groups is 1. The lowest BCUT2D eigenvalue weighted by Crippen LogP contribution is -2.22. The predicted molar refractivity (Wildman–Crippen MR) is 67.4 cm³/mol. The van der Waals surface area contributed by atoms with Gasteiger partial charge in [-0.05, 0) is 37.5 Å². The average Bonchev–Trinajstić information content (AvgIpc) is 2.66. The molecule has 2 rings (SSSR count). The van der Waals surface area contributed by atoms with Crippen molar-refractivity contribution in [1.82, 2.24) is 0 Å². The van der Waals surface area contributed by atoms with E-state index in [0.717, 1.165) is 37.2 Å². The maximum Gasteiger partial charge on any atom is 0.0585 e. The van der Waals surface area contributed by atoms with E-state index in [1.54, 1.807) is 0 Å². The van der Waals surface area contributed by atoms with Crippen LogP contribution in [0, 0.1) is 12.8 Å². The van der Waals surface area contributed by atoms with Gasteiger partial charge in [-0.1, -0.05) is 12.5 Å². The first-order chi connectivity index (χ1) is 7.66. The first kappa shape index (κ1) is 11.3. The second kappa shape index (κ2) is 4.74. The third-order valence-electron chi connectivity index (χ3n) is 3.38. The third kappa shape index (κ3) is 2.47. The molecule has 1 aliphatic rings. The Labute approximate surface area is 96.7 Å². The van der Waals surface area contributed by atoms with Gasteiger partial charge in [0.2, 0.25) is 0 Å².